The first-order valence-electron chi connectivity index (χ1n) is 9.64. The molecule has 0 amide bonds. The third-order valence-corrected chi connectivity index (χ3v) is 6.74. The number of aromatic nitrogens is 2. The van der Waals surface area contributed by atoms with Crippen molar-refractivity contribution in [1.29, 1.82) is 0 Å². The van der Waals surface area contributed by atoms with Gasteiger partial charge in [0.15, 0.2) is 0 Å². The van der Waals surface area contributed by atoms with Crippen LogP contribution in [0.2, 0.25) is 0 Å². The fraction of sp³-hybridized carbons (Fsp3) is 0.455. The summed E-state index contributed by atoms with van der Waals surface area (Å²) < 4.78 is 1.29. The third kappa shape index (κ3) is 3.40. The molecule has 2 heterocycles. The zero-order valence-corrected chi connectivity index (χ0v) is 16.9. The van der Waals surface area contributed by atoms with Crippen LogP contribution in [0.25, 0.3) is 21.3 Å². The molecule has 0 aliphatic heterocycles. The molecule has 0 radical (unpaired) electrons. The van der Waals surface area contributed by atoms with E-state index in [9.17, 15) is 0 Å². The Labute approximate surface area is 159 Å². The van der Waals surface area contributed by atoms with E-state index in [2.05, 4.69) is 61.4 Å². The number of pyridine rings is 1. The lowest BCUT2D eigenvalue weighted by Crippen LogP contribution is -2.44. The Bertz CT molecular complexity index is 924. The average molecular weight is 366 g/mol. The number of hydrogen-bond donors (Lipinski definition) is 1. The quantitative estimate of drug-likeness (QED) is 0.638. The van der Waals surface area contributed by atoms with Gasteiger partial charge >= 0.3 is 0 Å². The van der Waals surface area contributed by atoms with Crippen LogP contribution in [0.3, 0.4) is 0 Å². The monoisotopic (exact) mass is 365 g/mol. The highest BCUT2D eigenvalue weighted by atomic mass is 32.1. The van der Waals surface area contributed by atoms with Gasteiger partial charge in [-0.3, -0.25) is 4.98 Å². The van der Waals surface area contributed by atoms with Crippen molar-refractivity contribution in [2.45, 2.75) is 65.0 Å². The molecule has 1 aromatic carbocycles. The first-order valence-corrected chi connectivity index (χ1v) is 10.5. The fourth-order valence-electron chi connectivity index (χ4n) is 3.75. The van der Waals surface area contributed by atoms with Crippen LogP contribution in [0.5, 0.6) is 0 Å². The summed E-state index contributed by atoms with van der Waals surface area (Å²) in [6, 6.07) is 12.2. The van der Waals surface area contributed by atoms with E-state index in [1.54, 1.807) is 0 Å². The Hall–Kier alpha value is -1.78. The summed E-state index contributed by atoms with van der Waals surface area (Å²) in [5.74, 6) is 0.625. The van der Waals surface area contributed by atoms with Crippen LogP contribution in [0, 0.1) is 13.8 Å². The largest absolute Gasteiger partial charge is 0.311 e. The first kappa shape index (κ1) is 17.6. The molecule has 2 aromatic heterocycles. The van der Waals surface area contributed by atoms with Crippen molar-refractivity contribution < 1.29 is 0 Å². The maximum absolute atomic E-state index is 4.91. The van der Waals surface area contributed by atoms with E-state index in [1.807, 2.05) is 18.3 Å². The van der Waals surface area contributed by atoms with E-state index in [1.165, 1.54) is 40.1 Å². The molecule has 4 rings (SSSR count). The Balaban J connectivity index is 1.54. The van der Waals surface area contributed by atoms with Crippen molar-refractivity contribution in [1.82, 2.24) is 15.3 Å². The summed E-state index contributed by atoms with van der Waals surface area (Å²) in [5, 5.41) is 5.01. The zero-order chi connectivity index (χ0) is 18.3. The molecule has 0 bridgehead atoms. The van der Waals surface area contributed by atoms with Gasteiger partial charge in [-0.05, 0) is 63.8 Å². The summed E-state index contributed by atoms with van der Waals surface area (Å²) in [6.45, 7) is 8.64. The predicted molar refractivity (Wildman–Crippen MR) is 111 cm³/mol. The van der Waals surface area contributed by atoms with Crippen LogP contribution in [-0.4, -0.2) is 22.1 Å². The minimum absolute atomic E-state index is 0.616. The van der Waals surface area contributed by atoms with Crippen LogP contribution < -0.4 is 5.32 Å². The molecule has 1 atom stereocenters. The van der Waals surface area contributed by atoms with Crippen LogP contribution in [-0.2, 0) is 0 Å². The fourth-order valence-corrected chi connectivity index (χ4v) is 4.88. The van der Waals surface area contributed by atoms with Gasteiger partial charge in [0.25, 0.3) is 0 Å². The van der Waals surface area contributed by atoms with Crippen molar-refractivity contribution in [3.8, 4) is 11.1 Å². The molecule has 1 fully saturated rings. The van der Waals surface area contributed by atoms with Gasteiger partial charge in [-0.25, -0.2) is 4.98 Å². The lowest BCUT2D eigenvalue weighted by atomic mass is 9.80. The second kappa shape index (κ2) is 7.09. The van der Waals surface area contributed by atoms with E-state index in [0.717, 1.165) is 16.9 Å². The van der Waals surface area contributed by atoms with E-state index >= 15 is 0 Å². The summed E-state index contributed by atoms with van der Waals surface area (Å²) in [4.78, 5) is 9.52. The SMILES string of the molecule is CCC(C)NC1CC(c2nc3ccc(-c4ccc(C)nc4C)cc3s2)C1. The molecule has 1 saturated carbocycles. The molecule has 1 unspecified atom stereocenters. The maximum atomic E-state index is 4.91. The minimum atomic E-state index is 0.616. The van der Waals surface area contributed by atoms with Crippen LogP contribution in [0.4, 0.5) is 0 Å². The van der Waals surface area contributed by atoms with Crippen molar-refractivity contribution in [3.05, 3.63) is 46.7 Å². The number of hydrogen-bond acceptors (Lipinski definition) is 4. The number of nitrogens with one attached hydrogen (secondary N) is 1. The smallest absolute Gasteiger partial charge is 0.0970 e. The average Bonchev–Trinajstić information content (AvgIpc) is 2.99. The summed E-state index contributed by atoms with van der Waals surface area (Å²) in [5.41, 5.74) is 5.74. The molecule has 26 heavy (non-hydrogen) atoms. The molecule has 3 aromatic rings. The zero-order valence-electron chi connectivity index (χ0n) is 16.0. The molecule has 4 heteroatoms. The van der Waals surface area contributed by atoms with E-state index in [-0.39, 0.29) is 0 Å². The number of nitrogens with zero attached hydrogens (tertiary/aromatic N) is 2. The number of benzene rings is 1. The summed E-state index contributed by atoms with van der Waals surface area (Å²) in [7, 11) is 0. The molecular weight excluding hydrogens is 338 g/mol. The van der Waals surface area contributed by atoms with Gasteiger partial charge in [0, 0.05) is 35.0 Å². The number of thiazole rings is 1. The molecule has 0 spiro atoms. The molecule has 0 saturated heterocycles. The van der Waals surface area contributed by atoms with Gasteiger partial charge in [-0.15, -0.1) is 11.3 Å². The highest BCUT2D eigenvalue weighted by molar-refractivity contribution is 7.18. The van der Waals surface area contributed by atoms with Crippen molar-refractivity contribution in [2.75, 3.05) is 0 Å². The lowest BCUT2D eigenvalue weighted by Gasteiger charge is -2.36. The second-order valence-electron chi connectivity index (χ2n) is 7.66. The Morgan fingerprint density at radius 2 is 1.96 bits per heavy atom. The van der Waals surface area contributed by atoms with Crippen molar-refractivity contribution in [3.63, 3.8) is 0 Å². The van der Waals surface area contributed by atoms with Gasteiger partial charge in [0.1, 0.15) is 0 Å². The molecule has 136 valence electrons. The molecule has 1 N–H and O–H groups in total. The minimum Gasteiger partial charge on any atom is -0.311 e. The highest BCUT2D eigenvalue weighted by Gasteiger charge is 2.32. The van der Waals surface area contributed by atoms with Gasteiger partial charge < -0.3 is 5.32 Å². The Morgan fingerprint density at radius 3 is 2.69 bits per heavy atom. The summed E-state index contributed by atoms with van der Waals surface area (Å²) in [6.07, 6.45) is 3.63. The summed E-state index contributed by atoms with van der Waals surface area (Å²) >= 11 is 1.87. The Kier molecular flexibility index (Phi) is 4.80. The van der Waals surface area contributed by atoms with Gasteiger partial charge in [-0.1, -0.05) is 19.1 Å². The number of fused-ring (bicyclic) bond motifs is 1. The first-order chi connectivity index (χ1) is 12.5. The van der Waals surface area contributed by atoms with Crippen LogP contribution in [0.15, 0.2) is 30.3 Å². The number of rotatable bonds is 5. The topological polar surface area (TPSA) is 37.8 Å². The highest BCUT2D eigenvalue weighted by Crippen LogP contribution is 2.41. The van der Waals surface area contributed by atoms with Crippen molar-refractivity contribution >= 4 is 21.6 Å². The normalized spacial score (nSPS) is 20.9. The number of aryl methyl sites for hydroxylation is 2. The van der Waals surface area contributed by atoms with Crippen LogP contribution >= 0.6 is 11.3 Å². The molecule has 1 aliphatic rings. The van der Waals surface area contributed by atoms with E-state index in [0.29, 0.717) is 18.0 Å². The van der Waals surface area contributed by atoms with E-state index < -0.39 is 0 Å². The van der Waals surface area contributed by atoms with Crippen molar-refractivity contribution in [2.24, 2.45) is 0 Å². The van der Waals surface area contributed by atoms with Crippen LogP contribution in [0.1, 0.15) is 55.4 Å². The molecular formula is C22H27N3S. The maximum Gasteiger partial charge on any atom is 0.0970 e. The molecule has 1 aliphatic carbocycles. The Morgan fingerprint density at radius 1 is 1.15 bits per heavy atom. The van der Waals surface area contributed by atoms with Gasteiger partial charge in [-0.2, -0.15) is 0 Å². The third-order valence-electron chi connectivity index (χ3n) is 5.56. The standard InChI is InChI=1S/C22H27N3S/c1-5-13(2)24-18-10-17(11-18)22-25-20-9-7-16(12-21(20)26-22)19-8-6-14(3)23-15(19)4/h6-9,12-13,17-18,24H,5,10-11H2,1-4H3. The van der Waals surface area contributed by atoms with Gasteiger partial charge in [0.2, 0.25) is 0 Å². The van der Waals surface area contributed by atoms with E-state index in [4.69, 9.17) is 4.98 Å². The molecule has 3 nitrogen and oxygen atoms in total. The lowest BCUT2D eigenvalue weighted by molar-refractivity contribution is 0.267. The van der Waals surface area contributed by atoms with Gasteiger partial charge in [0.05, 0.1) is 15.2 Å². The second-order valence-corrected chi connectivity index (χ2v) is 8.72. The predicted octanol–water partition coefficient (Wildman–Crippen LogP) is 5.61.